The lowest BCUT2D eigenvalue weighted by molar-refractivity contribution is -0.137. The molecule has 0 atom stereocenters. The van der Waals surface area contributed by atoms with Crippen molar-refractivity contribution < 1.29 is 14.7 Å². The maximum atomic E-state index is 11.4. The molecule has 0 aliphatic carbocycles. The highest BCUT2D eigenvalue weighted by atomic mass is 16.4. The minimum Gasteiger partial charge on any atom is -0.480 e. The smallest absolute Gasteiger partial charge is 0.323 e. The Labute approximate surface area is 91.7 Å². The molecule has 16 heavy (non-hydrogen) atoms. The lowest BCUT2D eigenvalue weighted by Gasteiger charge is -2.02. The maximum Gasteiger partial charge on any atom is 0.323 e. The number of nitrogens with zero attached hydrogens (tertiary/aromatic N) is 1. The van der Waals surface area contributed by atoms with E-state index in [2.05, 4.69) is 5.32 Å². The topological polar surface area (TPSA) is 71.3 Å². The third-order valence-corrected chi connectivity index (χ3v) is 2.51. The molecule has 0 amide bonds. The second-order valence-electron chi connectivity index (χ2n) is 3.68. The van der Waals surface area contributed by atoms with Crippen molar-refractivity contribution in [2.45, 2.75) is 13.5 Å². The van der Waals surface area contributed by atoms with Crippen molar-refractivity contribution in [2.75, 3.05) is 6.54 Å². The molecule has 1 aromatic rings. The van der Waals surface area contributed by atoms with Gasteiger partial charge in [-0.25, -0.2) is 0 Å². The van der Waals surface area contributed by atoms with Gasteiger partial charge in [-0.2, -0.15) is 0 Å². The van der Waals surface area contributed by atoms with Gasteiger partial charge in [0.1, 0.15) is 6.54 Å². The summed E-state index contributed by atoms with van der Waals surface area (Å²) >= 11 is 0. The van der Waals surface area contributed by atoms with Gasteiger partial charge in [-0.05, 0) is 6.92 Å². The van der Waals surface area contributed by atoms with E-state index in [9.17, 15) is 9.59 Å². The summed E-state index contributed by atoms with van der Waals surface area (Å²) < 4.78 is 1.57. The Morgan fingerprint density at radius 1 is 1.56 bits per heavy atom. The zero-order valence-corrected chi connectivity index (χ0v) is 8.86. The van der Waals surface area contributed by atoms with Crippen molar-refractivity contribution in [2.24, 2.45) is 0 Å². The molecule has 0 unspecified atom stereocenters. The first-order valence-electron chi connectivity index (χ1n) is 4.95. The molecule has 5 nitrogen and oxygen atoms in total. The van der Waals surface area contributed by atoms with Crippen LogP contribution in [0.2, 0.25) is 0 Å². The number of Topliss-reactive ketones (excluding diaryl/α,β-unsaturated/α-hetero) is 1. The number of fused-ring (bicyclic) bond motifs is 1. The van der Waals surface area contributed by atoms with E-state index in [-0.39, 0.29) is 12.3 Å². The van der Waals surface area contributed by atoms with Crippen LogP contribution in [0.4, 0.5) is 0 Å². The van der Waals surface area contributed by atoms with E-state index in [1.807, 2.05) is 6.08 Å². The van der Waals surface area contributed by atoms with Crippen molar-refractivity contribution in [3.63, 3.8) is 0 Å². The molecular weight excluding hydrogens is 208 g/mol. The van der Waals surface area contributed by atoms with Crippen LogP contribution in [0, 0.1) is 0 Å². The molecule has 0 saturated heterocycles. The molecule has 0 spiro atoms. The number of carboxylic acid groups (broad SMARTS) is 1. The highest BCUT2D eigenvalue weighted by Gasteiger charge is 2.12. The summed E-state index contributed by atoms with van der Waals surface area (Å²) in [5.41, 5.74) is 0.578. The third kappa shape index (κ3) is 1.71. The SMILES string of the molecule is CC(=O)c1cn(CC(=O)O)c2c1=CCNC=2. The first-order valence-corrected chi connectivity index (χ1v) is 4.95. The molecule has 84 valence electrons. The summed E-state index contributed by atoms with van der Waals surface area (Å²) in [5.74, 6) is -0.973. The summed E-state index contributed by atoms with van der Waals surface area (Å²) in [5, 5.41) is 13.3. The zero-order valence-electron chi connectivity index (χ0n) is 8.86. The Morgan fingerprint density at radius 3 is 2.94 bits per heavy atom. The molecular formula is C11H12N2O3. The molecule has 1 aliphatic heterocycles. The van der Waals surface area contributed by atoms with Crippen LogP contribution in [0.25, 0.3) is 12.3 Å². The highest BCUT2D eigenvalue weighted by molar-refractivity contribution is 5.94. The van der Waals surface area contributed by atoms with Crippen LogP contribution in [0.3, 0.4) is 0 Å². The van der Waals surface area contributed by atoms with Crippen molar-refractivity contribution in [3.8, 4) is 0 Å². The number of nitrogens with one attached hydrogen (secondary N) is 1. The molecule has 2 N–H and O–H groups in total. The largest absolute Gasteiger partial charge is 0.480 e. The number of rotatable bonds is 3. The fourth-order valence-corrected chi connectivity index (χ4v) is 1.84. The van der Waals surface area contributed by atoms with Gasteiger partial charge in [0.15, 0.2) is 5.78 Å². The number of ketones is 1. The van der Waals surface area contributed by atoms with Crippen LogP contribution < -0.4 is 15.9 Å². The fraction of sp³-hybridized carbons (Fsp3) is 0.273. The molecule has 0 fully saturated rings. The number of hydrogen-bond acceptors (Lipinski definition) is 3. The molecule has 0 bridgehead atoms. The Kier molecular flexibility index (Phi) is 2.52. The maximum absolute atomic E-state index is 11.4. The molecule has 2 heterocycles. The van der Waals surface area contributed by atoms with Gasteiger partial charge in [0.25, 0.3) is 0 Å². The van der Waals surface area contributed by atoms with Crippen LogP contribution in [-0.4, -0.2) is 28.0 Å². The number of hydrogen-bond donors (Lipinski definition) is 2. The standard InChI is InChI=1S/C11H12N2O3/c1-7(14)9-5-13(6-11(15)16)10-4-12-3-2-8(9)10/h2,4-5,12H,3,6H2,1H3,(H,15,16). The fourth-order valence-electron chi connectivity index (χ4n) is 1.84. The number of carbonyl (C=O) groups excluding carboxylic acids is 1. The van der Waals surface area contributed by atoms with Crippen LogP contribution in [0.5, 0.6) is 0 Å². The predicted molar refractivity (Wildman–Crippen MR) is 58.3 cm³/mol. The van der Waals surface area contributed by atoms with Crippen molar-refractivity contribution >= 4 is 24.0 Å². The lowest BCUT2D eigenvalue weighted by atomic mass is 10.2. The van der Waals surface area contributed by atoms with Crippen molar-refractivity contribution in [3.05, 3.63) is 22.3 Å². The quantitative estimate of drug-likeness (QED) is 0.634. The van der Waals surface area contributed by atoms with Gasteiger partial charge in [-0.1, -0.05) is 6.08 Å². The van der Waals surface area contributed by atoms with Gasteiger partial charge in [0.05, 0.1) is 5.35 Å². The summed E-state index contributed by atoms with van der Waals surface area (Å²) in [6.45, 7) is 2.00. The zero-order chi connectivity index (χ0) is 11.7. The van der Waals surface area contributed by atoms with E-state index in [0.29, 0.717) is 12.1 Å². The first kappa shape index (κ1) is 10.5. The van der Waals surface area contributed by atoms with E-state index in [0.717, 1.165) is 10.6 Å². The third-order valence-electron chi connectivity index (χ3n) is 2.51. The van der Waals surface area contributed by atoms with E-state index < -0.39 is 5.97 Å². The van der Waals surface area contributed by atoms with Crippen molar-refractivity contribution in [1.29, 1.82) is 0 Å². The monoisotopic (exact) mass is 220 g/mol. The van der Waals surface area contributed by atoms with Gasteiger partial charge in [0.2, 0.25) is 0 Å². The van der Waals surface area contributed by atoms with E-state index >= 15 is 0 Å². The highest BCUT2D eigenvalue weighted by Crippen LogP contribution is 1.94. The molecule has 1 aliphatic rings. The minimum absolute atomic E-state index is 0.0491. The Bertz CT molecular complexity index is 569. The second-order valence-corrected chi connectivity index (χ2v) is 3.68. The minimum atomic E-state index is -0.924. The Morgan fingerprint density at radius 2 is 2.31 bits per heavy atom. The van der Waals surface area contributed by atoms with Crippen molar-refractivity contribution in [1.82, 2.24) is 9.88 Å². The molecule has 2 rings (SSSR count). The van der Waals surface area contributed by atoms with E-state index in [1.165, 1.54) is 6.92 Å². The predicted octanol–water partition coefficient (Wildman–Crippen LogP) is -1.10. The number of aromatic nitrogens is 1. The number of carbonyl (C=O) groups is 2. The summed E-state index contributed by atoms with van der Waals surface area (Å²) in [4.78, 5) is 22.1. The Balaban J connectivity index is 2.65. The summed E-state index contributed by atoms with van der Waals surface area (Å²) in [7, 11) is 0. The van der Waals surface area contributed by atoms with Crippen LogP contribution >= 0.6 is 0 Å². The van der Waals surface area contributed by atoms with E-state index in [4.69, 9.17) is 5.11 Å². The lowest BCUT2D eigenvalue weighted by Crippen LogP contribution is -2.38. The molecule has 0 saturated carbocycles. The van der Waals surface area contributed by atoms with Crippen LogP contribution in [-0.2, 0) is 11.3 Å². The normalized spacial score (nSPS) is 13.1. The second kappa shape index (κ2) is 3.84. The number of carboxylic acids is 1. The summed E-state index contributed by atoms with van der Waals surface area (Å²) in [6.07, 6.45) is 5.23. The summed E-state index contributed by atoms with van der Waals surface area (Å²) in [6, 6.07) is 0. The molecule has 1 aromatic heterocycles. The van der Waals surface area contributed by atoms with Gasteiger partial charge in [-0.15, -0.1) is 0 Å². The Hall–Kier alpha value is -2.04. The van der Waals surface area contributed by atoms with Gasteiger partial charge < -0.3 is 15.0 Å². The molecule has 0 radical (unpaired) electrons. The van der Waals surface area contributed by atoms with Crippen LogP contribution in [0.15, 0.2) is 6.20 Å². The molecule has 5 heteroatoms. The number of aliphatic carboxylic acids is 1. The van der Waals surface area contributed by atoms with Gasteiger partial charge in [-0.3, -0.25) is 9.59 Å². The van der Waals surface area contributed by atoms with Gasteiger partial charge in [0, 0.05) is 29.7 Å². The van der Waals surface area contributed by atoms with Gasteiger partial charge >= 0.3 is 5.97 Å². The van der Waals surface area contributed by atoms with Crippen LogP contribution in [0.1, 0.15) is 17.3 Å². The molecule has 0 aromatic carbocycles. The average Bonchev–Trinajstić information content (AvgIpc) is 2.57. The van der Waals surface area contributed by atoms with E-state index in [1.54, 1.807) is 17.0 Å². The first-order chi connectivity index (χ1) is 7.59. The average molecular weight is 220 g/mol.